The molecule has 0 unspecified atom stereocenters. The summed E-state index contributed by atoms with van der Waals surface area (Å²) in [6.07, 6.45) is 3.09. The number of alkyl halides is 1. The van der Waals surface area contributed by atoms with Crippen LogP contribution in [0, 0.1) is 11.3 Å². The molecule has 1 heterocycles. The average Bonchev–Trinajstić information content (AvgIpc) is 2.87. The molecule has 4 rings (SSSR count). The van der Waals surface area contributed by atoms with Gasteiger partial charge in [-0.3, -0.25) is 0 Å². The van der Waals surface area contributed by atoms with Crippen molar-refractivity contribution in [1.82, 2.24) is 9.97 Å². The molecule has 0 amide bonds. The van der Waals surface area contributed by atoms with Crippen LogP contribution in [0.4, 0.5) is 0 Å². The maximum atomic E-state index is 9.51. The van der Waals surface area contributed by atoms with E-state index in [2.05, 4.69) is 22.0 Å². The van der Waals surface area contributed by atoms with Crippen LogP contribution in [0.15, 0.2) is 72.8 Å². The van der Waals surface area contributed by atoms with E-state index in [4.69, 9.17) is 19.4 Å². The van der Waals surface area contributed by atoms with E-state index in [0.29, 0.717) is 41.7 Å². The van der Waals surface area contributed by atoms with E-state index in [1.54, 1.807) is 12.1 Å². The van der Waals surface area contributed by atoms with Gasteiger partial charge in [0, 0.05) is 10.9 Å². The van der Waals surface area contributed by atoms with Gasteiger partial charge in [0.15, 0.2) is 0 Å². The molecule has 1 aromatic heterocycles. The summed E-state index contributed by atoms with van der Waals surface area (Å²) in [6, 6.07) is 25.2. The van der Waals surface area contributed by atoms with E-state index in [0.717, 1.165) is 41.2 Å². The SMILES string of the molecule is N#Cc1ccc(OCc2ccccc2)c(-c2nc3ccccc3nc2OCCCCCBr)c1. The van der Waals surface area contributed by atoms with Crippen molar-refractivity contribution < 1.29 is 9.47 Å². The zero-order valence-electron chi connectivity index (χ0n) is 18.2. The molecule has 0 fully saturated rings. The van der Waals surface area contributed by atoms with Crippen LogP contribution in [0.5, 0.6) is 11.6 Å². The highest BCUT2D eigenvalue weighted by Gasteiger charge is 2.18. The summed E-state index contributed by atoms with van der Waals surface area (Å²) in [5.41, 5.74) is 4.37. The number of para-hydroxylation sites is 2. The smallest absolute Gasteiger partial charge is 0.241 e. The first-order valence-electron chi connectivity index (χ1n) is 11.0. The lowest BCUT2D eigenvalue weighted by atomic mass is 10.1. The second kappa shape index (κ2) is 11.4. The normalized spacial score (nSPS) is 10.7. The van der Waals surface area contributed by atoms with Gasteiger partial charge in [-0.2, -0.15) is 5.26 Å². The van der Waals surface area contributed by atoms with Gasteiger partial charge in [0.25, 0.3) is 0 Å². The molecule has 0 atom stereocenters. The Morgan fingerprint density at radius 1 is 0.818 bits per heavy atom. The molecule has 5 nitrogen and oxygen atoms in total. The number of rotatable bonds is 10. The standard InChI is InChI=1S/C27H24BrN3O2/c28-15-7-2-8-16-32-27-26(30-23-11-5-6-12-24(23)31-27)22-17-21(18-29)13-14-25(22)33-19-20-9-3-1-4-10-20/h1,3-6,9-14,17H,2,7-8,15-16,19H2. The molecule has 0 aliphatic carbocycles. The number of benzene rings is 3. The fraction of sp³-hybridized carbons (Fsp3) is 0.222. The Morgan fingerprint density at radius 3 is 2.33 bits per heavy atom. The third kappa shape index (κ3) is 5.88. The number of hydrogen-bond donors (Lipinski definition) is 0. The summed E-state index contributed by atoms with van der Waals surface area (Å²) >= 11 is 3.47. The summed E-state index contributed by atoms with van der Waals surface area (Å²) in [6.45, 7) is 0.953. The van der Waals surface area contributed by atoms with Crippen LogP contribution in [0.1, 0.15) is 30.4 Å². The van der Waals surface area contributed by atoms with Crippen molar-refractivity contribution in [2.75, 3.05) is 11.9 Å². The maximum Gasteiger partial charge on any atom is 0.241 e. The first-order valence-corrected chi connectivity index (χ1v) is 12.1. The van der Waals surface area contributed by atoms with Crippen molar-refractivity contribution in [3.8, 4) is 29.0 Å². The molecule has 33 heavy (non-hydrogen) atoms. The second-order valence-corrected chi connectivity index (χ2v) is 8.35. The lowest BCUT2D eigenvalue weighted by Gasteiger charge is -2.15. The van der Waals surface area contributed by atoms with Gasteiger partial charge in [-0.15, -0.1) is 0 Å². The fourth-order valence-corrected chi connectivity index (χ4v) is 3.84. The molecule has 166 valence electrons. The lowest BCUT2D eigenvalue weighted by molar-refractivity contribution is 0.294. The molecule has 0 aliphatic rings. The van der Waals surface area contributed by atoms with Gasteiger partial charge in [-0.25, -0.2) is 9.97 Å². The van der Waals surface area contributed by atoms with Gasteiger partial charge in [-0.1, -0.05) is 58.4 Å². The van der Waals surface area contributed by atoms with Gasteiger partial charge in [0.1, 0.15) is 18.1 Å². The number of halogens is 1. The fourth-order valence-electron chi connectivity index (χ4n) is 3.45. The predicted molar refractivity (Wildman–Crippen MR) is 134 cm³/mol. The summed E-state index contributed by atoms with van der Waals surface area (Å²) in [4.78, 5) is 9.62. The molecule has 0 spiro atoms. The van der Waals surface area contributed by atoms with Crippen molar-refractivity contribution in [2.24, 2.45) is 0 Å². The monoisotopic (exact) mass is 501 g/mol. The van der Waals surface area contributed by atoms with Crippen LogP contribution in [0.25, 0.3) is 22.3 Å². The molecule has 4 aromatic rings. The zero-order valence-corrected chi connectivity index (χ0v) is 19.8. The van der Waals surface area contributed by atoms with E-state index in [9.17, 15) is 5.26 Å². The highest BCUT2D eigenvalue weighted by Crippen LogP contribution is 2.36. The molecule has 0 saturated carbocycles. The van der Waals surface area contributed by atoms with Crippen LogP contribution in [0.2, 0.25) is 0 Å². The van der Waals surface area contributed by atoms with Crippen molar-refractivity contribution in [2.45, 2.75) is 25.9 Å². The van der Waals surface area contributed by atoms with E-state index >= 15 is 0 Å². The molecule has 0 radical (unpaired) electrons. The van der Waals surface area contributed by atoms with E-state index in [-0.39, 0.29) is 0 Å². The average molecular weight is 502 g/mol. The zero-order chi connectivity index (χ0) is 22.9. The Hall–Kier alpha value is -3.43. The molecular weight excluding hydrogens is 478 g/mol. The maximum absolute atomic E-state index is 9.51. The van der Waals surface area contributed by atoms with Crippen molar-refractivity contribution in [3.05, 3.63) is 83.9 Å². The topological polar surface area (TPSA) is 68.0 Å². The Bertz CT molecular complexity index is 1260. The highest BCUT2D eigenvalue weighted by atomic mass is 79.9. The molecule has 3 aromatic carbocycles. The van der Waals surface area contributed by atoms with Gasteiger partial charge in [0.2, 0.25) is 5.88 Å². The van der Waals surface area contributed by atoms with E-state index in [1.165, 1.54) is 0 Å². The third-order valence-electron chi connectivity index (χ3n) is 5.16. The summed E-state index contributed by atoms with van der Waals surface area (Å²) in [5, 5.41) is 10.5. The Kier molecular flexibility index (Phi) is 7.89. The molecule has 0 N–H and O–H groups in total. The van der Waals surface area contributed by atoms with Crippen molar-refractivity contribution in [3.63, 3.8) is 0 Å². The predicted octanol–water partition coefficient (Wildman–Crippen LogP) is 6.69. The molecule has 0 bridgehead atoms. The number of fused-ring (bicyclic) bond motifs is 1. The van der Waals surface area contributed by atoms with Crippen LogP contribution >= 0.6 is 15.9 Å². The lowest BCUT2D eigenvalue weighted by Crippen LogP contribution is -2.04. The second-order valence-electron chi connectivity index (χ2n) is 7.56. The highest BCUT2D eigenvalue weighted by molar-refractivity contribution is 9.09. The van der Waals surface area contributed by atoms with Gasteiger partial charge >= 0.3 is 0 Å². The van der Waals surface area contributed by atoms with Gasteiger partial charge in [0.05, 0.1) is 29.3 Å². The minimum absolute atomic E-state index is 0.406. The Morgan fingerprint density at radius 2 is 1.58 bits per heavy atom. The van der Waals surface area contributed by atoms with Gasteiger partial charge in [-0.05, 0) is 55.2 Å². The van der Waals surface area contributed by atoms with Crippen molar-refractivity contribution in [1.29, 1.82) is 5.26 Å². The van der Waals surface area contributed by atoms with E-state index in [1.807, 2.05) is 60.7 Å². The van der Waals surface area contributed by atoms with Crippen molar-refractivity contribution >= 4 is 27.0 Å². The number of aromatic nitrogens is 2. The molecule has 0 saturated heterocycles. The van der Waals surface area contributed by atoms with Crippen LogP contribution < -0.4 is 9.47 Å². The largest absolute Gasteiger partial charge is 0.488 e. The van der Waals surface area contributed by atoms with Crippen LogP contribution in [-0.4, -0.2) is 21.9 Å². The van der Waals surface area contributed by atoms with Crippen LogP contribution in [-0.2, 0) is 6.61 Å². The first-order chi connectivity index (χ1) is 16.3. The Labute approximate surface area is 202 Å². The van der Waals surface area contributed by atoms with E-state index < -0.39 is 0 Å². The molecule has 0 aliphatic heterocycles. The minimum atomic E-state index is 0.406. The number of unbranched alkanes of at least 4 members (excludes halogenated alkanes) is 2. The number of hydrogen-bond acceptors (Lipinski definition) is 5. The van der Waals surface area contributed by atoms with Crippen LogP contribution in [0.3, 0.4) is 0 Å². The number of ether oxygens (including phenoxy) is 2. The first kappa shape index (κ1) is 22.8. The van der Waals surface area contributed by atoms with Gasteiger partial charge < -0.3 is 9.47 Å². The summed E-state index contributed by atoms with van der Waals surface area (Å²) in [5.74, 6) is 1.08. The summed E-state index contributed by atoms with van der Waals surface area (Å²) < 4.78 is 12.3. The number of nitrogens with zero attached hydrogens (tertiary/aromatic N) is 3. The molecule has 6 heteroatoms. The summed E-state index contributed by atoms with van der Waals surface area (Å²) in [7, 11) is 0. The Balaban J connectivity index is 1.72. The number of nitriles is 1. The quantitative estimate of drug-likeness (QED) is 0.179. The molecular formula is C27H24BrN3O2. The minimum Gasteiger partial charge on any atom is -0.488 e. The third-order valence-corrected chi connectivity index (χ3v) is 5.72.